The number of carbonyl (C=O) groups is 2. The monoisotopic (exact) mass is 374 g/mol. The average Bonchev–Trinajstić information content (AvgIpc) is 2.99. The molecule has 1 unspecified atom stereocenters. The first kappa shape index (κ1) is 18.5. The van der Waals surface area contributed by atoms with E-state index in [2.05, 4.69) is 5.32 Å². The molecule has 7 nitrogen and oxygen atoms in total. The minimum Gasteiger partial charge on any atom is -0.495 e. The summed E-state index contributed by atoms with van der Waals surface area (Å²) in [6.45, 7) is 0.174. The van der Waals surface area contributed by atoms with E-state index >= 15 is 0 Å². The van der Waals surface area contributed by atoms with Crippen LogP contribution in [0.1, 0.15) is 5.56 Å². The first-order chi connectivity index (χ1) is 13.0. The van der Waals surface area contributed by atoms with Crippen molar-refractivity contribution in [3.05, 3.63) is 53.8 Å². The van der Waals surface area contributed by atoms with Crippen molar-refractivity contribution in [2.75, 3.05) is 26.1 Å². The molecule has 2 aromatic carbocycles. The lowest BCUT2D eigenvalue weighted by Gasteiger charge is -2.17. The molecule has 1 saturated heterocycles. The number of hydrogen-bond acceptors (Lipinski definition) is 5. The average molecular weight is 374 g/mol. The second kappa shape index (κ2) is 7.94. The van der Waals surface area contributed by atoms with Gasteiger partial charge in [0.05, 0.1) is 12.8 Å². The van der Waals surface area contributed by atoms with Crippen molar-refractivity contribution in [1.29, 1.82) is 0 Å². The van der Waals surface area contributed by atoms with Gasteiger partial charge in [-0.1, -0.05) is 12.1 Å². The number of anilines is 1. The molecule has 27 heavy (non-hydrogen) atoms. The Hall–Kier alpha value is -3.29. The van der Waals surface area contributed by atoms with Crippen molar-refractivity contribution in [2.45, 2.75) is 12.6 Å². The van der Waals surface area contributed by atoms with Crippen molar-refractivity contribution < 1.29 is 28.2 Å². The molecule has 1 atom stereocenters. The molecule has 3 rings (SSSR count). The number of hydrogen-bond donors (Lipinski definition) is 1. The van der Waals surface area contributed by atoms with Crippen LogP contribution in [-0.2, 0) is 16.1 Å². The lowest BCUT2D eigenvalue weighted by Crippen LogP contribution is -2.40. The van der Waals surface area contributed by atoms with E-state index < -0.39 is 12.1 Å². The number of likely N-dealkylation sites (N-methyl/N-ethyl adjacent to an activating group) is 1. The lowest BCUT2D eigenvalue weighted by atomic mass is 10.1. The highest BCUT2D eigenvalue weighted by Gasteiger charge is 2.35. The minimum atomic E-state index is -0.714. The standard InChI is InChI=1S/C19H19FN2O5/c1-22-16(11-27-19(22)24)18(23)21-15-8-12(6-7-17(15)25-2)10-26-14-5-3-4-13(20)9-14/h3-9,16H,10-11H2,1-2H3,(H,21,23). The van der Waals surface area contributed by atoms with Gasteiger partial charge in [0.2, 0.25) is 0 Å². The van der Waals surface area contributed by atoms with Crippen LogP contribution in [0.15, 0.2) is 42.5 Å². The van der Waals surface area contributed by atoms with E-state index in [0.717, 1.165) is 5.56 Å². The second-order valence-electron chi connectivity index (χ2n) is 5.97. The maximum atomic E-state index is 13.2. The van der Waals surface area contributed by atoms with Gasteiger partial charge >= 0.3 is 6.09 Å². The fourth-order valence-electron chi connectivity index (χ4n) is 2.62. The van der Waals surface area contributed by atoms with Gasteiger partial charge in [-0.15, -0.1) is 0 Å². The number of halogens is 1. The van der Waals surface area contributed by atoms with Crippen molar-refractivity contribution in [3.63, 3.8) is 0 Å². The first-order valence-electron chi connectivity index (χ1n) is 8.23. The lowest BCUT2D eigenvalue weighted by molar-refractivity contribution is -0.119. The molecule has 0 saturated carbocycles. The van der Waals surface area contributed by atoms with Gasteiger partial charge in [0.25, 0.3) is 5.91 Å². The quantitative estimate of drug-likeness (QED) is 0.841. The minimum absolute atomic E-state index is 0.00808. The zero-order valence-corrected chi connectivity index (χ0v) is 14.9. The molecule has 8 heteroatoms. The molecule has 142 valence electrons. The normalized spacial score (nSPS) is 16.0. The SMILES string of the molecule is COc1ccc(COc2cccc(F)c2)cc1NC(=O)C1COC(=O)N1C. The van der Waals surface area contributed by atoms with Gasteiger partial charge in [0, 0.05) is 13.1 Å². The van der Waals surface area contributed by atoms with E-state index in [1.165, 1.54) is 31.2 Å². The molecule has 1 fully saturated rings. The Balaban J connectivity index is 1.71. The van der Waals surface area contributed by atoms with E-state index in [9.17, 15) is 14.0 Å². The first-order valence-corrected chi connectivity index (χ1v) is 8.23. The van der Waals surface area contributed by atoms with Crippen LogP contribution < -0.4 is 14.8 Å². The van der Waals surface area contributed by atoms with Crippen molar-refractivity contribution >= 4 is 17.7 Å². The Morgan fingerprint density at radius 1 is 1.33 bits per heavy atom. The fraction of sp³-hybridized carbons (Fsp3) is 0.263. The summed E-state index contributed by atoms with van der Waals surface area (Å²) in [4.78, 5) is 25.1. The number of cyclic esters (lactones) is 1. The van der Waals surface area contributed by atoms with Crippen LogP contribution in [-0.4, -0.2) is 43.7 Å². The number of nitrogens with one attached hydrogen (secondary N) is 1. The van der Waals surface area contributed by atoms with Crippen LogP contribution in [0.4, 0.5) is 14.9 Å². The summed E-state index contributed by atoms with van der Waals surface area (Å²) in [7, 11) is 2.99. The summed E-state index contributed by atoms with van der Waals surface area (Å²) in [6, 6.07) is 10.3. The van der Waals surface area contributed by atoms with Gasteiger partial charge in [-0.25, -0.2) is 9.18 Å². The summed E-state index contributed by atoms with van der Waals surface area (Å²) in [5.41, 5.74) is 1.19. The van der Waals surface area contributed by atoms with E-state index in [-0.39, 0.29) is 24.9 Å². The van der Waals surface area contributed by atoms with Gasteiger partial charge in [-0.05, 0) is 29.8 Å². The maximum absolute atomic E-state index is 13.2. The zero-order valence-electron chi connectivity index (χ0n) is 14.9. The Morgan fingerprint density at radius 3 is 2.81 bits per heavy atom. The second-order valence-corrected chi connectivity index (χ2v) is 5.97. The van der Waals surface area contributed by atoms with Crippen LogP contribution in [0.3, 0.4) is 0 Å². The predicted molar refractivity (Wildman–Crippen MR) is 95.3 cm³/mol. The number of rotatable bonds is 6. The molecular formula is C19H19FN2O5. The van der Waals surface area contributed by atoms with E-state index in [1.807, 2.05) is 0 Å². The number of nitrogens with zero attached hydrogens (tertiary/aromatic N) is 1. The molecule has 1 aliphatic rings. The van der Waals surface area contributed by atoms with Crippen LogP contribution in [0.25, 0.3) is 0 Å². The zero-order chi connectivity index (χ0) is 19.4. The summed E-state index contributed by atoms with van der Waals surface area (Å²) in [6.07, 6.45) is -0.542. The number of benzene rings is 2. The summed E-state index contributed by atoms with van der Waals surface area (Å²) in [5.74, 6) is 0.0999. The molecule has 2 amide bonds. The number of carbonyl (C=O) groups excluding carboxylic acids is 2. The van der Waals surface area contributed by atoms with Crippen LogP contribution in [0.2, 0.25) is 0 Å². The molecule has 1 aliphatic heterocycles. The molecule has 0 spiro atoms. The molecular weight excluding hydrogens is 355 g/mol. The predicted octanol–water partition coefficient (Wildman–Crippen LogP) is 2.80. The van der Waals surface area contributed by atoms with E-state index in [1.54, 1.807) is 30.3 Å². The van der Waals surface area contributed by atoms with Gasteiger partial charge < -0.3 is 19.5 Å². The molecule has 2 aromatic rings. The third-order valence-corrected chi connectivity index (χ3v) is 4.15. The van der Waals surface area contributed by atoms with Gasteiger partial charge in [-0.2, -0.15) is 0 Å². The van der Waals surface area contributed by atoms with Crippen molar-refractivity contribution in [2.24, 2.45) is 0 Å². The highest BCUT2D eigenvalue weighted by molar-refractivity contribution is 5.98. The van der Waals surface area contributed by atoms with Crippen LogP contribution in [0.5, 0.6) is 11.5 Å². The fourth-order valence-corrected chi connectivity index (χ4v) is 2.62. The van der Waals surface area contributed by atoms with Crippen LogP contribution in [0, 0.1) is 5.82 Å². The van der Waals surface area contributed by atoms with E-state index in [4.69, 9.17) is 14.2 Å². The smallest absolute Gasteiger partial charge is 0.410 e. The number of ether oxygens (including phenoxy) is 3. The topological polar surface area (TPSA) is 77.1 Å². The van der Waals surface area contributed by atoms with Crippen LogP contribution >= 0.6 is 0 Å². The highest BCUT2D eigenvalue weighted by atomic mass is 19.1. The Bertz CT molecular complexity index is 858. The molecule has 0 bridgehead atoms. The summed E-state index contributed by atoms with van der Waals surface area (Å²) >= 11 is 0. The van der Waals surface area contributed by atoms with E-state index in [0.29, 0.717) is 17.2 Å². The van der Waals surface area contributed by atoms with Gasteiger partial charge in [-0.3, -0.25) is 9.69 Å². The van der Waals surface area contributed by atoms with Gasteiger partial charge in [0.1, 0.15) is 36.6 Å². The summed E-state index contributed by atoms with van der Waals surface area (Å²) < 4.78 is 28.9. The number of methoxy groups -OCH3 is 1. The molecule has 1 N–H and O–H groups in total. The highest BCUT2D eigenvalue weighted by Crippen LogP contribution is 2.27. The molecule has 0 aliphatic carbocycles. The Morgan fingerprint density at radius 2 is 2.15 bits per heavy atom. The van der Waals surface area contributed by atoms with Crippen molar-refractivity contribution in [3.8, 4) is 11.5 Å². The molecule has 1 heterocycles. The molecule has 0 aromatic heterocycles. The number of amides is 2. The summed E-state index contributed by atoms with van der Waals surface area (Å²) in [5, 5.41) is 2.75. The Kier molecular flexibility index (Phi) is 5.44. The molecule has 0 radical (unpaired) electrons. The van der Waals surface area contributed by atoms with Crippen molar-refractivity contribution in [1.82, 2.24) is 4.90 Å². The third-order valence-electron chi connectivity index (χ3n) is 4.15. The largest absolute Gasteiger partial charge is 0.495 e. The third kappa shape index (κ3) is 4.28. The maximum Gasteiger partial charge on any atom is 0.410 e. The van der Waals surface area contributed by atoms with Gasteiger partial charge in [0.15, 0.2) is 0 Å². The Labute approximate surface area is 155 Å².